The summed E-state index contributed by atoms with van der Waals surface area (Å²) in [6.45, 7) is 28.0. The molecule has 5 heterocycles. The van der Waals surface area contributed by atoms with Gasteiger partial charge in [-0.2, -0.15) is 0 Å². The summed E-state index contributed by atoms with van der Waals surface area (Å²) >= 11 is 0. The molecule has 7 aromatic carbocycles. The van der Waals surface area contributed by atoms with Gasteiger partial charge in [0, 0.05) is 56.2 Å². The van der Waals surface area contributed by atoms with Gasteiger partial charge in [0.2, 0.25) is 12.4 Å². The second-order valence-corrected chi connectivity index (χ2v) is 25.1. The molecule has 72 heavy (non-hydrogen) atoms. The van der Waals surface area contributed by atoms with E-state index in [9.17, 15) is 0 Å². The number of allylic oxidation sites excluding steroid dienone is 1. The Balaban J connectivity index is 1.15. The molecule has 1 unspecified atom stereocenters. The Morgan fingerprint density at radius 1 is 0.486 bits per heavy atom. The maximum Gasteiger partial charge on any atom is 0.226 e. The predicted molar refractivity (Wildman–Crippen MR) is 306 cm³/mol. The molecule has 3 aromatic heterocycles. The van der Waals surface area contributed by atoms with Gasteiger partial charge in [0.05, 0.1) is 16.5 Å². The van der Waals surface area contributed by atoms with Crippen molar-refractivity contribution in [2.45, 2.75) is 112 Å². The van der Waals surface area contributed by atoms with Gasteiger partial charge in [-0.05, 0) is 134 Å². The van der Waals surface area contributed by atoms with Gasteiger partial charge >= 0.3 is 0 Å². The molecular weight excluding hydrogens is 878 g/mol. The fourth-order valence-electron chi connectivity index (χ4n) is 12.4. The summed E-state index contributed by atoms with van der Waals surface area (Å²) in [5.41, 5.74) is 22.2. The van der Waals surface area contributed by atoms with Gasteiger partial charge in [-0.25, -0.2) is 0 Å². The van der Waals surface area contributed by atoms with Crippen LogP contribution >= 0.6 is 0 Å². The monoisotopic (exact) mass is 942 g/mol. The molecule has 0 amide bonds. The molecule has 0 N–H and O–H groups in total. The van der Waals surface area contributed by atoms with E-state index in [1.54, 1.807) is 0 Å². The molecule has 0 radical (unpaired) electrons. The number of rotatable bonds is 4. The number of anilines is 6. The molecule has 13 rings (SSSR count). The predicted octanol–water partition coefficient (Wildman–Crippen LogP) is 17.5. The number of fused-ring (bicyclic) bond motifs is 12. The molecule has 0 fully saturated rings. The van der Waals surface area contributed by atoms with E-state index >= 15 is 0 Å². The summed E-state index contributed by atoms with van der Waals surface area (Å²) in [5.74, 6) is 0.149. The molecule has 1 aliphatic carbocycles. The lowest BCUT2D eigenvalue weighted by atomic mass is 9.29. The van der Waals surface area contributed by atoms with Crippen LogP contribution in [0.4, 0.5) is 34.1 Å². The van der Waals surface area contributed by atoms with Crippen LogP contribution in [0.3, 0.4) is 0 Å². The molecule has 3 aliphatic rings. The third kappa shape index (κ3) is 6.66. The molecule has 5 nitrogen and oxygen atoms in total. The number of hydrogen-bond donors (Lipinski definition) is 0. The highest BCUT2D eigenvalue weighted by atomic mass is 16.3. The number of nitrogens with zero attached hydrogens (tertiary/aromatic N) is 3. The van der Waals surface area contributed by atoms with Crippen molar-refractivity contribution in [2.24, 2.45) is 5.41 Å². The normalized spacial score (nSPS) is 15.6. The number of aromatic nitrogens is 1. The average molecular weight is 942 g/mol. The van der Waals surface area contributed by atoms with Crippen molar-refractivity contribution in [3.8, 4) is 5.69 Å². The Bertz CT molecular complexity index is 3830. The summed E-state index contributed by atoms with van der Waals surface area (Å²) in [6, 6.07) is 54.6. The Hall–Kier alpha value is -7.18. The molecule has 1 atom stereocenters. The van der Waals surface area contributed by atoms with Crippen molar-refractivity contribution in [2.75, 3.05) is 9.80 Å². The first-order valence-corrected chi connectivity index (χ1v) is 26.1. The van der Waals surface area contributed by atoms with Gasteiger partial charge in [0.1, 0.15) is 16.7 Å². The highest BCUT2D eigenvalue weighted by molar-refractivity contribution is 6.90. The van der Waals surface area contributed by atoms with E-state index < -0.39 is 0 Å². The van der Waals surface area contributed by atoms with E-state index in [0.29, 0.717) is 0 Å². The van der Waals surface area contributed by atoms with E-state index in [1.807, 2.05) is 0 Å². The minimum atomic E-state index is -0.172. The standard InChI is InChI=1S/C66H64BN3O2/c1-63(2,3)39-24-28-43(29-25-39)68(44-30-26-40(27-31-44)64(4,5)6)45-32-33-49-52(38-45)69(51-20-17-23-57-59(51)47-19-14-15-21-55(47)71-57)53-36-42(66(10,11)12)37-54-60(53)67(49)50-35-41(65(7,8)9)34-48-58-46-18-13-16-22-56(46)72-62(58)70(54)61(48)50/h13-34,36-38,50H,35H2,1-12H3. The minimum Gasteiger partial charge on any atom is -0.456 e. The Morgan fingerprint density at radius 3 is 1.65 bits per heavy atom. The van der Waals surface area contributed by atoms with Crippen LogP contribution in [0, 0.1) is 5.41 Å². The summed E-state index contributed by atoms with van der Waals surface area (Å²) in [5, 5.41) is 4.61. The molecule has 0 saturated heterocycles. The van der Waals surface area contributed by atoms with Gasteiger partial charge in [0.25, 0.3) is 0 Å². The fourth-order valence-corrected chi connectivity index (χ4v) is 12.4. The number of hydrogen-bond acceptors (Lipinski definition) is 4. The molecule has 358 valence electrons. The Kier molecular flexibility index (Phi) is 9.43. The molecule has 0 bridgehead atoms. The lowest BCUT2D eigenvalue weighted by Gasteiger charge is -2.46. The second-order valence-electron chi connectivity index (χ2n) is 25.1. The van der Waals surface area contributed by atoms with Crippen LogP contribution in [0.25, 0.3) is 55.8 Å². The zero-order valence-corrected chi connectivity index (χ0v) is 44.0. The van der Waals surface area contributed by atoms with Gasteiger partial charge in [-0.15, -0.1) is 0 Å². The SMILES string of the molecule is CC(C)(C)C1=Cc2c3n(c4oc5ccccc5c24)-c2cc(C(C)(C)C)cc4c2B(c2ccc(N(c5ccc(C(C)(C)C)cc5)c5ccc(C(C)(C)C)cc5)cc2N4c2cccc4oc5ccccc5c24)C3C1. The average Bonchev–Trinajstić information content (AvgIpc) is 4.01. The number of benzene rings is 7. The smallest absolute Gasteiger partial charge is 0.226 e. The molecular formula is C66H64BN3O2. The van der Waals surface area contributed by atoms with Crippen molar-refractivity contribution >= 4 is 102 Å². The molecule has 6 heteroatoms. The van der Waals surface area contributed by atoms with Crippen molar-refractivity contribution in [3.05, 3.63) is 179 Å². The molecule has 0 saturated carbocycles. The van der Waals surface area contributed by atoms with E-state index in [1.165, 1.54) is 72.3 Å². The Morgan fingerprint density at radius 2 is 1.04 bits per heavy atom. The topological polar surface area (TPSA) is 37.7 Å². The molecule has 0 spiro atoms. The third-order valence-electron chi connectivity index (χ3n) is 16.3. The number of para-hydroxylation sites is 2. The number of furan rings is 2. The van der Waals surface area contributed by atoms with Gasteiger partial charge < -0.3 is 18.6 Å². The van der Waals surface area contributed by atoms with Gasteiger partial charge in [-0.3, -0.25) is 4.57 Å². The molecule has 2 aliphatic heterocycles. The van der Waals surface area contributed by atoms with Crippen LogP contribution in [0.5, 0.6) is 0 Å². The van der Waals surface area contributed by atoms with E-state index in [0.717, 1.165) is 62.4 Å². The molecule has 10 aromatic rings. The maximum atomic E-state index is 7.10. The lowest BCUT2D eigenvalue weighted by Crippen LogP contribution is -2.58. The van der Waals surface area contributed by atoms with Crippen LogP contribution in [-0.2, 0) is 16.2 Å². The second kappa shape index (κ2) is 15.2. The minimum absolute atomic E-state index is 0.0248. The first kappa shape index (κ1) is 44.7. The maximum absolute atomic E-state index is 7.10. The Labute approximate surface area is 424 Å². The summed E-state index contributed by atoms with van der Waals surface area (Å²) in [7, 11) is 0. The quantitative estimate of drug-likeness (QED) is 0.165. The van der Waals surface area contributed by atoms with Gasteiger partial charge in [0.15, 0.2) is 0 Å². The lowest BCUT2D eigenvalue weighted by molar-refractivity contribution is 0.478. The van der Waals surface area contributed by atoms with Crippen LogP contribution in [0.2, 0.25) is 0 Å². The first-order valence-electron chi connectivity index (χ1n) is 26.1. The van der Waals surface area contributed by atoms with Crippen LogP contribution in [0.1, 0.15) is 123 Å². The van der Waals surface area contributed by atoms with Crippen LogP contribution < -0.4 is 20.7 Å². The van der Waals surface area contributed by atoms with Crippen LogP contribution in [0.15, 0.2) is 160 Å². The summed E-state index contributed by atoms with van der Waals surface area (Å²) < 4.78 is 16.4. The highest BCUT2D eigenvalue weighted by Crippen LogP contribution is 2.55. The largest absolute Gasteiger partial charge is 0.456 e. The van der Waals surface area contributed by atoms with Crippen molar-refractivity contribution in [1.82, 2.24) is 4.57 Å². The fraction of sp³-hybridized carbons (Fsp3) is 0.273. The zero-order chi connectivity index (χ0) is 50.0. The van der Waals surface area contributed by atoms with Crippen LogP contribution in [-0.4, -0.2) is 11.3 Å². The van der Waals surface area contributed by atoms with Crippen molar-refractivity contribution in [1.29, 1.82) is 0 Å². The highest BCUT2D eigenvalue weighted by Gasteiger charge is 2.50. The summed E-state index contributed by atoms with van der Waals surface area (Å²) in [6.07, 6.45) is 3.48. The third-order valence-corrected chi connectivity index (χ3v) is 16.3. The zero-order valence-electron chi connectivity index (χ0n) is 44.0. The first-order chi connectivity index (χ1) is 34.2. The van der Waals surface area contributed by atoms with Gasteiger partial charge in [-0.1, -0.05) is 168 Å². The summed E-state index contributed by atoms with van der Waals surface area (Å²) in [4.78, 5) is 5.06. The van der Waals surface area contributed by atoms with E-state index in [2.05, 4.69) is 249 Å². The van der Waals surface area contributed by atoms with Crippen molar-refractivity contribution < 1.29 is 8.83 Å². The van der Waals surface area contributed by atoms with E-state index in [4.69, 9.17) is 8.83 Å². The van der Waals surface area contributed by atoms with E-state index in [-0.39, 0.29) is 34.2 Å². The van der Waals surface area contributed by atoms with Crippen molar-refractivity contribution in [3.63, 3.8) is 0 Å².